The molecule has 0 atom stereocenters. The van der Waals surface area contributed by atoms with E-state index in [4.69, 9.17) is 10.6 Å². The predicted octanol–water partition coefficient (Wildman–Crippen LogP) is 0.575. The molecule has 0 aliphatic carbocycles. The molecule has 0 unspecified atom stereocenters. The van der Waals surface area contributed by atoms with Crippen molar-refractivity contribution in [3.63, 3.8) is 0 Å². The third-order valence-corrected chi connectivity index (χ3v) is 3.07. The molecule has 7 heteroatoms. The maximum atomic E-state index is 11.3. The lowest BCUT2D eigenvalue weighted by atomic mass is 10.2. The molecule has 0 aliphatic heterocycles. The van der Waals surface area contributed by atoms with Crippen LogP contribution in [-0.4, -0.2) is 37.1 Å². The van der Waals surface area contributed by atoms with E-state index >= 15 is 0 Å². The Morgan fingerprint density at radius 2 is 2.21 bits per heavy atom. The smallest absolute Gasteiger partial charge is 0.315 e. The number of benzene rings is 1. The first-order chi connectivity index (χ1) is 9.17. The number of rotatable bonds is 7. The van der Waals surface area contributed by atoms with Gasteiger partial charge in [0.1, 0.15) is 5.75 Å². The molecule has 0 heterocycles. The van der Waals surface area contributed by atoms with E-state index < -0.39 is 0 Å². The molecule has 1 aromatic rings. The molecule has 0 radical (unpaired) electrons. The van der Waals surface area contributed by atoms with Crippen molar-refractivity contribution in [2.24, 2.45) is 5.84 Å². The third kappa shape index (κ3) is 5.62. The van der Waals surface area contributed by atoms with Crippen LogP contribution in [-0.2, 0) is 9.53 Å². The van der Waals surface area contributed by atoms with Crippen molar-refractivity contribution in [1.82, 2.24) is 5.43 Å². The van der Waals surface area contributed by atoms with Gasteiger partial charge in [-0.05, 0) is 18.2 Å². The van der Waals surface area contributed by atoms with E-state index in [1.807, 2.05) is 0 Å². The summed E-state index contributed by atoms with van der Waals surface area (Å²) in [6, 6.07) is 6.70. The minimum Gasteiger partial charge on any atom is -0.493 e. The fraction of sp³-hybridized carbons (Fsp3) is 0.333. The van der Waals surface area contributed by atoms with Crippen LogP contribution in [0, 0.1) is 0 Å². The molecule has 0 bridgehead atoms. The molecule has 104 valence electrons. The second-order valence-electron chi connectivity index (χ2n) is 3.48. The Bertz CT molecular complexity index is 439. The molecule has 0 aromatic heterocycles. The molecule has 0 saturated heterocycles. The van der Waals surface area contributed by atoms with Crippen LogP contribution in [0.5, 0.6) is 5.75 Å². The Labute approximate surface area is 115 Å². The van der Waals surface area contributed by atoms with E-state index in [1.165, 1.54) is 18.9 Å². The van der Waals surface area contributed by atoms with Crippen LogP contribution in [0.1, 0.15) is 10.4 Å². The SMILES string of the molecule is COC(=O)CSCCOc1cccc(C(=O)NN)c1. The second kappa shape index (κ2) is 8.39. The number of ether oxygens (including phenoxy) is 2. The number of carbonyl (C=O) groups is 2. The van der Waals surface area contributed by atoms with Crippen LogP contribution in [0.4, 0.5) is 0 Å². The molecule has 0 fully saturated rings. The minimum absolute atomic E-state index is 0.258. The number of hydrogen-bond acceptors (Lipinski definition) is 6. The molecule has 6 nitrogen and oxygen atoms in total. The largest absolute Gasteiger partial charge is 0.493 e. The standard InChI is InChI=1S/C12H16N2O4S/c1-17-11(15)8-19-6-5-18-10-4-2-3-9(7-10)12(16)14-13/h2-4,7H,5-6,8,13H2,1H3,(H,14,16). The summed E-state index contributed by atoms with van der Waals surface area (Å²) in [5.41, 5.74) is 2.49. The average Bonchev–Trinajstić information content (AvgIpc) is 2.46. The van der Waals surface area contributed by atoms with E-state index in [-0.39, 0.29) is 11.9 Å². The van der Waals surface area contributed by atoms with Crippen molar-refractivity contribution in [2.45, 2.75) is 0 Å². The van der Waals surface area contributed by atoms with Crippen LogP contribution >= 0.6 is 11.8 Å². The van der Waals surface area contributed by atoms with Crippen molar-refractivity contribution < 1.29 is 19.1 Å². The Kier molecular flexibility index (Phi) is 6.76. The van der Waals surface area contributed by atoms with Gasteiger partial charge in [0.2, 0.25) is 0 Å². The van der Waals surface area contributed by atoms with E-state index in [2.05, 4.69) is 10.2 Å². The summed E-state index contributed by atoms with van der Waals surface area (Å²) in [7, 11) is 1.35. The molecule has 0 aliphatic rings. The lowest BCUT2D eigenvalue weighted by Gasteiger charge is -2.07. The number of hydrogen-bond donors (Lipinski definition) is 2. The Morgan fingerprint density at radius 3 is 2.89 bits per heavy atom. The number of nitrogen functional groups attached to an aromatic ring is 1. The summed E-state index contributed by atoms with van der Waals surface area (Å²) in [5.74, 6) is 5.96. The summed E-state index contributed by atoms with van der Waals surface area (Å²) in [4.78, 5) is 22.2. The van der Waals surface area contributed by atoms with Crippen LogP contribution < -0.4 is 16.0 Å². The van der Waals surface area contributed by atoms with Gasteiger partial charge in [-0.1, -0.05) is 6.07 Å². The average molecular weight is 284 g/mol. The number of nitrogens with two attached hydrogens (primary N) is 1. The molecule has 0 spiro atoms. The predicted molar refractivity (Wildman–Crippen MR) is 72.9 cm³/mol. The summed E-state index contributed by atoms with van der Waals surface area (Å²) < 4.78 is 9.98. The van der Waals surface area contributed by atoms with Crippen molar-refractivity contribution >= 4 is 23.6 Å². The Morgan fingerprint density at radius 1 is 1.42 bits per heavy atom. The van der Waals surface area contributed by atoms with E-state index in [0.717, 1.165) is 0 Å². The van der Waals surface area contributed by atoms with Gasteiger partial charge in [0.25, 0.3) is 5.91 Å². The zero-order chi connectivity index (χ0) is 14.1. The molecular formula is C12H16N2O4S. The summed E-state index contributed by atoms with van der Waals surface area (Å²) in [6.45, 7) is 0.440. The molecule has 1 rings (SSSR count). The molecule has 1 aromatic carbocycles. The highest BCUT2D eigenvalue weighted by Crippen LogP contribution is 2.13. The normalized spacial score (nSPS) is 9.79. The van der Waals surface area contributed by atoms with Gasteiger partial charge in [0.05, 0.1) is 19.5 Å². The molecule has 3 N–H and O–H groups in total. The van der Waals surface area contributed by atoms with Gasteiger partial charge in [0.15, 0.2) is 0 Å². The van der Waals surface area contributed by atoms with E-state index in [0.29, 0.717) is 29.4 Å². The quantitative estimate of drug-likeness (QED) is 0.250. The van der Waals surface area contributed by atoms with Crippen LogP contribution in [0.3, 0.4) is 0 Å². The van der Waals surface area contributed by atoms with Gasteiger partial charge in [-0.15, -0.1) is 11.8 Å². The number of thioether (sulfide) groups is 1. The Balaban J connectivity index is 2.33. The molecular weight excluding hydrogens is 268 g/mol. The van der Waals surface area contributed by atoms with E-state index in [1.54, 1.807) is 24.3 Å². The number of amides is 1. The van der Waals surface area contributed by atoms with Crippen molar-refractivity contribution in [2.75, 3.05) is 25.2 Å². The van der Waals surface area contributed by atoms with Gasteiger partial charge in [-0.2, -0.15) is 0 Å². The van der Waals surface area contributed by atoms with Crippen molar-refractivity contribution in [1.29, 1.82) is 0 Å². The van der Waals surface area contributed by atoms with Gasteiger partial charge in [-0.25, -0.2) is 5.84 Å². The zero-order valence-corrected chi connectivity index (χ0v) is 11.4. The van der Waals surface area contributed by atoms with Gasteiger partial charge in [-0.3, -0.25) is 15.0 Å². The first-order valence-corrected chi connectivity index (χ1v) is 6.71. The number of nitrogens with one attached hydrogen (secondary N) is 1. The maximum Gasteiger partial charge on any atom is 0.315 e. The highest BCUT2D eigenvalue weighted by Gasteiger charge is 2.04. The fourth-order valence-corrected chi connectivity index (χ4v) is 1.87. The van der Waals surface area contributed by atoms with Crippen LogP contribution in [0.15, 0.2) is 24.3 Å². The third-order valence-electron chi connectivity index (χ3n) is 2.17. The summed E-state index contributed by atoms with van der Waals surface area (Å²) >= 11 is 1.42. The molecule has 0 saturated carbocycles. The highest BCUT2D eigenvalue weighted by molar-refractivity contribution is 7.99. The first-order valence-electron chi connectivity index (χ1n) is 5.55. The molecule has 19 heavy (non-hydrogen) atoms. The first kappa shape index (κ1) is 15.3. The van der Waals surface area contributed by atoms with Crippen LogP contribution in [0.25, 0.3) is 0 Å². The number of esters is 1. The Hall–Kier alpha value is -1.73. The number of carbonyl (C=O) groups excluding carboxylic acids is 2. The number of methoxy groups -OCH3 is 1. The molecule has 1 amide bonds. The summed E-state index contributed by atoms with van der Waals surface area (Å²) in [5, 5.41) is 0. The van der Waals surface area contributed by atoms with E-state index in [9.17, 15) is 9.59 Å². The van der Waals surface area contributed by atoms with Gasteiger partial charge >= 0.3 is 5.97 Å². The summed E-state index contributed by atoms with van der Waals surface area (Å²) in [6.07, 6.45) is 0. The second-order valence-corrected chi connectivity index (χ2v) is 4.58. The minimum atomic E-state index is -0.370. The van der Waals surface area contributed by atoms with Gasteiger partial charge in [0, 0.05) is 11.3 Å². The highest BCUT2D eigenvalue weighted by atomic mass is 32.2. The van der Waals surface area contributed by atoms with Crippen LogP contribution in [0.2, 0.25) is 0 Å². The topological polar surface area (TPSA) is 90.6 Å². The number of hydrazine groups is 1. The zero-order valence-electron chi connectivity index (χ0n) is 10.5. The maximum absolute atomic E-state index is 11.3. The fourth-order valence-electron chi connectivity index (χ4n) is 1.24. The lowest BCUT2D eigenvalue weighted by Crippen LogP contribution is -2.29. The lowest BCUT2D eigenvalue weighted by molar-refractivity contribution is -0.137. The van der Waals surface area contributed by atoms with Gasteiger partial charge < -0.3 is 9.47 Å². The monoisotopic (exact) mass is 284 g/mol. The van der Waals surface area contributed by atoms with Crippen molar-refractivity contribution in [3.05, 3.63) is 29.8 Å². The van der Waals surface area contributed by atoms with Crippen molar-refractivity contribution in [3.8, 4) is 5.75 Å².